The summed E-state index contributed by atoms with van der Waals surface area (Å²) in [6, 6.07) is 0. The molecule has 0 aliphatic heterocycles. The van der Waals surface area contributed by atoms with Gasteiger partial charge in [-0.1, -0.05) is 0 Å². The summed E-state index contributed by atoms with van der Waals surface area (Å²) in [5.41, 5.74) is 0. The van der Waals surface area contributed by atoms with E-state index in [0.717, 1.165) is 0 Å². The molecular weight excluding hydrogens is 320 g/mol. The van der Waals surface area contributed by atoms with Gasteiger partial charge in [0.05, 0.1) is 19.8 Å². The van der Waals surface area contributed by atoms with Crippen LogP contribution in [0.4, 0.5) is 0 Å². The number of ketones is 2. The number of hydrogen-bond acceptors (Lipinski definition) is 11. The maximum Gasteiger partial charge on any atom is 0.192 e. The number of aliphatic hydroxyl groups is 7. The molecule has 11 heteroatoms. The standard InChI is InChI=1S/C12H22O11/c13-3-7(16)10(19)6(15)1-2-22-23-5-9(18)12(21)11(20)8(17)4-14/h7-8,10-14,16-17,19-21H,1-5H2. The van der Waals surface area contributed by atoms with E-state index >= 15 is 0 Å². The lowest BCUT2D eigenvalue weighted by atomic mass is 10.1. The molecule has 136 valence electrons. The molecular formula is C12H22O11. The summed E-state index contributed by atoms with van der Waals surface area (Å²) < 4.78 is 0. The minimum Gasteiger partial charge on any atom is -0.394 e. The largest absolute Gasteiger partial charge is 0.394 e. The molecule has 0 spiro atoms. The number of carbonyl (C=O) groups is 2. The van der Waals surface area contributed by atoms with Gasteiger partial charge in [0, 0.05) is 6.42 Å². The van der Waals surface area contributed by atoms with Crippen molar-refractivity contribution in [3.63, 3.8) is 0 Å². The Kier molecular flexibility index (Phi) is 11.0. The van der Waals surface area contributed by atoms with Gasteiger partial charge in [-0.3, -0.25) is 9.59 Å². The molecule has 5 unspecified atom stereocenters. The van der Waals surface area contributed by atoms with Crippen molar-refractivity contribution in [2.45, 2.75) is 36.9 Å². The van der Waals surface area contributed by atoms with E-state index in [4.69, 9.17) is 20.4 Å². The lowest BCUT2D eigenvalue weighted by Crippen LogP contribution is -2.45. The lowest BCUT2D eigenvalue weighted by Gasteiger charge is -2.20. The van der Waals surface area contributed by atoms with Crippen LogP contribution in [0.15, 0.2) is 0 Å². The molecule has 0 aromatic carbocycles. The van der Waals surface area contributed by atoms with Gasteiger partial charge in [0.1, 0.15) is 37.1 Å². The predicted molar refractivity (Wildman–Crippen MR) is 70.7 cm³/mol. The summed E-state index contributed by atoms with van der Waals surface area (Å²) >= 11 is 0. The van der Waals surface area contributed by atoms with Gasteiger partial charge in [-0.15, -0.1) is 0 Å². The van der Waals surface area contributed by atoms with Crippen molar-refractivity contribution in [1.29, 1.82) is 0 Å². The van der Waals surface area contributed by atoms with Crippen LogP contribution in [-0.2, 0) is 19.4 Å². The number of hydrogen-bond donors (Lipinski definition) is 7. The van der Waals surface area contributed by atoms with Crippen LogP contribution in [0.5, 0.6) is 0 Å². The van der Waals surface area contributed by atoms with Gasteiger partial charge in [0.15, 0.2) is 11.6 Å². The highest BCUT2D eigenvalue weighted by molar-refractivity contribution is 5.84. The molecule has 7 N–H and O–H groups in total. The van der Waals surface area contributed by atoms with Gasteiger partial charge < -0.3 is 35.7 Å². The average Bonchev–Trinajstić information content (AvgIpc) is 2.57. The minimum absolute atomic E-state index is 0.374. The van der Waals surface area contributed by atoms with Crippen LogP contribution in [-0.4, -0.2) is 104 Å². The average molecular weight is 342 g/mol. The Morgan fingerprint density at radius 2 is 1.35 bits per heavy atom. The Bertz CT molecular complexity index is 361. The van der Waals surface area contributed by atoms with Crippen LogP contribution >= 0.6 is 0 Å². The molecule has 0 rings (SSSR count). The number of carbonyl (C=O) groups excluding carboxylic acids is 2. The van der Waals surface area contributed by atoms with Gasteiger partial charge in [-0.05, 0) is 0 Å². The third-order valence-corrected chi connectivity index (χ3v) is 2.83. The molecule has 0 aliphatic carbocycles. The van der Waals surface area contributed by atoms with E-state index in [1.165, 1.54) is 0 Å². The van der Waals surface area contributed by atoms with Crippen LogP contribution in [0.2, 0.25) is 0 Å². The maximum absolute atomic E-state index is 11.4. The summed E-state index contributed by atoms with van der Waals surface area (Å²) in [4.78, 5) is 31.5. The van der Waals surface area contributed by atoms with E-state index < -0.39 is 61.9 Å². The molecule has 23 heavy (non-hydrogen) atoms. The molecule has 0 radical (unpaired) electrons. The quantitative estimate of drug-likeness (QED) is 0.0964. The normalized spacial score (nSPS) is 18.0. The number of aliphatic hydroxyl groups excluding tert-OH is 7. The monoisotopic (exact) mass is 342 g/mol. The first-order valence-electron chi connectivity index (χ1n) is 6.68. The van der Waals surface area contributed by atoms with Crippen molar-refractivity contribution >= 4 is 11.6 Å². The van der Waals surface area contributed by atoms with Crippen molar-refractivity contribution in [1.82, 2.24) is 0 Å². The Balaban J connectivity index is 3.95. The molecule has 0 amide bonds. The number of Topliss-reactive ketones (excluding diaryl/α,β-unsaturated/α-hetero) is 2. The van der Waals surface area contributed by atoms with Gasteiger partial charge in [0.25, 0.3) is 0 Å². The van der Waals surface area contributed by atoms with Crippen LogP contribution < -0.4 is 0 Å². The molecule has 0 aromatic rings. The van der Waals surface area contributed by atoms with Gasteiger partial charge in [0.2, 0.25) is 0 Å². The zero-order valence-electron chi connectivity index (χ0n) is 12.2. The highest BCUT2D eigenvalue weighted by Gasteiger charge is 2.30. The first-order chi connectivity index (χ1) is 10.8. The fourth-order valence-electron chi connectivity index (χ4n) is 1.36. The summed E-state index contributed by atoms with van der Waals surface area (Å²) in [6.45, 7) is -2.82. The summed E-state index contributed by atoms with van der Waals surface area (Å²) in [5, 5.41) is 63.0. The summed E-state index contributed by atoms with van der Waals surface area (Å²) in [5.74, 6) is -1.85. The zero-order chi connectivity index (χ0) is 18.0. The highest BCUT2D eigenvalue weighted by atomic mass is 17.2. The van der Waals surface area contributed by atoms with Crippen molar-refractivity contribution in [2.75, 3.05) is 26.4 Å². The van der Waals surface area contributed by atoms with Gasteiger partial charge in [-0.25, -0.2) is 9.78 Å². The van der Waals surface area contributed by atoms with Crippen molar-refractivity contribution in [2.24, 2.45) is 0 Å². The van der Waals surface area contributed by atoms with Crippen LogP contribution in [0, 0.1) is 0 Å². The van der Waals surface area contributed by atoms with Crippen LogP contribution in [0.3, 0.4) is 0 Å². The minimum atomic E-state index is -2.00. The van der Waals surface area contributed by atoms with Gasteiger partial charge >= 0.3 is 0 Å². The van der Waals surface area contributed by atoms with Crippen LogP contribution in [0.25, 0.3) is 0 Å². The molecule has 0 bridgehead atoms. The van der Waals surface area contributed by atoms with E-state index in [1.807, 2.05) is 0 Å². The zero-order valence-corrected chi connectivity index (χ0v) is 12.2. The molecule has 0 aliphatic rings. The third kappa shape index (κ3) is 7.87. The van der Waals surface area contributed by atoms with Crippen molar-refractivity contribution < 1.29 is 55.1 Å². The highest BCUT2D eigenvalue weighted by Crippen LogP contribution is 2.03. The molecule has 0 saturated carbocycles. The second-order valence-electron chi connectivity index (χ2n) is 4.65. The smallest absolute Gasteiger partial charge is 0.192 e. The Morgan fingerprint density at radius 1 is 0.783 bits per heavy atom. The fourth-order valence-corrected chi connectivity index (χ4v) is 1.36. The molecule has 0 aromatic heterocycles. The Labute approximate surface area is 131 Å². The first-order valence-corrected chi connectivity index (χ1v) is 6.68. The molecule has 0 saturated heterocycles. The lowest BCUT2D eigenvalue weighted by molar-refractivity contribution is -0.289. The molecule has 11 nitrogen and oxygen atoms in total. The number of rotatable bonds is 13. The van der Waals surface area contributed by atoms with Crippen molar-refractivity contribution in [3.05, 3.63) is 0 Å². The Hall–Kier alpha value is -1.02. The maximum atomic E-state index is 11.4. The second kappa shape index (κ2) is 11.5. The topological polar surface area (TPSA) is 194 Å². The van der Waals surface area contributed by atoms with E-state index in [1.54, 1.807) is 0 Å². The fraction of sp³-hybridized carbons (Fsp3) is 0.833. The Morgan fingerprint density at radius 3 is 1.87 bits per heavy atom. The third-order valence-electron chi connectivity index (χ3n) is 2.83. The summed E-state index contributed by atoms with van der Waals surface area (Å²) in [6.07, 6.45) is -9.36. The second-order valence-corrected chi connectivity index (χ2v) is 4.65. The van der Waals surface area contributed by atoms with Crippen molar-refractivity contribution in [3.8, 4) is 0 Å². The predicted octanol–water partition coefficient (Wildman–Crippen LogP) is -4.75. The molecule has 0 fully saturated rings. The molecule has 0 heterocycles. The van der Waals surface area contributed by atoms with E-state index in [0.29, 0.717) is 0 Å². The van der Waals surface area contributed by atoms with E-state index in [-0.39, 0.29) is 13.0 Å². The van der Waals surface area contributed by atoms with E-state index in [9.17, 15) is 24.9 Å². The SMILES string of the molecule is O=C(CCOOCC(=O)C(O)C(O)C(O)CO)C(O)C(O)CO. The molecule has 5 atom stereocenters. The first kappa shape index (κ1) is 22.0. The van der Waals surface area contributed by atoms with E-state index in [2.05, 4.69) is 9.78 Å². The summed E-state index contributed by atoms with van der Waals surface area (Å²) in [7, 11) is 0. The van der Waals surface area contributed by atoms with Gasteiger partial charge in [-0.2, -0.15) is 0 Å². The van der Waals surface area contributed by atoms with Crippen LogP contribution in [0.1, 0.15) is 6.42 Å².